The Morgan fingerprint density at radius 1 is 1.03 bits per heavy atom. The van der Waals surface area contributed by atoms with Crippen molar-refractivity contribution in [1.82, 2.24) is 10.2 Å². The van der Waals surface area contributed by atoms with Crippen LogP contribution < -0.4 is 5.32 Å². The lowest BCUT2D eigenvalue weighted by Crippen LogP contribution is -2.33. The molecule has 5 aliphatic rings. The minimum absolute atomic E-state index is 0.0185. The van der Waals surface area contributed by atoms with E-state index in [0.29, 0.717) is 49.5 Å². The number of nitrogens with one attached hydrogen (secondary N) is 1. The number of likely N-dealkylation sites (N-methyl/N-ethyl adjacent to an activating group) is 1. The first-order valence-corrected chi connectivity index (χ1v) is 13.9. The molecule has 6 nitrogen and oxygen atoms in total. The number of Topliss-reactive ketones (excluding diaryl/α,β-unsaturated/α-hetero) is 1. The average molecular weight is 493 g/mol. The second kappa shape index (κ2) is 10.0. The van der Waals surface area contributed by atoms with Gasteiger partial charge in [-0.1, -0.05) is 50.6 Å². The molecule has 9 atom stereocenters. The molecular formula is C30H40N2O4. The van der Waals surface area contributed by atoms with Gasteiger partial charge in [0.25, 0.3) is 5.91 Å². The number of carbonyl (C=O) groups is 3. The number of hydrogen-bond acceptors (Lipinski definition) is 4. The maximum Gasteiger partial charge on any atom is 0.261 e. The van der Waals surface area contributed by atoms with E-state index in [9.17, 15) is 19.5 Å². The highest BCUT2D eigenvalue weighted by Gasteiger charge is 2.51. The van der Waals surface area contributed by atoms with E-state index >= 15 is 0 Å². The Kier molecular flexibility index (Phi) is 6.97. The molecule has 2 N–H and O–H groups in total. The second-order valence-electron chi connectivity index (χ2n) is 11.7. The predicted molar refractivity (Wildman–Crippen MR) is 139 cm³/mol. The van der Waals surface area contributed by atoms with E-state index in [0.717, 1.165) is 18.3 Å². The van der Waals surface area contributed by atoms with Gasteiger partial charge in [0.05, 0.1) is 6.04 Å². The summed E-state index contributed by atoms with van der Waals surface area (Å²) in [5.41, 5.74) is -0.104. The Morgan fingerprint density at radius 3 is 2.56 bits per heavy atom. The van der Waals surface area contributed by atoms with E-state index in [1.807, 2.05) is 12.2 Å². The molecule has 36 heavy (non-hydrogen) atoms. The fraction of sp³-hybridized carbons (Fsp3) is 0.633. The Balaban J connectivity index is 1.47. The first-order chi connectivity index (χ1) is 17.3. The Hall–Kier alpha value is -2.63. The highest BCUT2D eigenvalue weighted by Crippen LogP contribution is 2.58. The number of amides is 2. The number of nitrogens with zero attached hydrogens (tertiary/aromatic N) is 1. The van der Waals surface area contributed by atoms with Gasteiger partial charge in [-0.05, 0) is 79.1 Å². The van der Waals surface area contributed by atoms with E-state index < -0.39 is 11.9 Å². The minimum atomic E-state index is -0.590. The molecular weight excluding hydrogens is 452 g/mol. The Labute approximate surface area is 214 Å². The Morgan fingerprint density at radius 2 is 1.78 bits per heavy atom. The van der Waals surface area contributed by atoms with Crippen molar-refractivity contribution in [2.24, 2.45) is 47.3 Å². The fourth-order valence-electron chi connectivity index (χ4n) is 8.10. The van der Waals surface area contributed by atoms with Crippen LogP contribution in [0.3, 0.4) is 0 Å². The lowest BCUT2D eigenvalue weighted by molar-refractivity contribution is -0.125. The first kappa shape index (κ1) is 25.0. The second-order valence-corrected chi connectivity index (χ2v) is 11.7. The quantitative estimate of drug-likeness (QED) is 0.421. The molecule has 0 aromatic carbocycles. The summed E-state index contributed by atoms with van der Waals surface area (Å²) in [5, 5.41) is 13.8. The molecule has 0 spiro atoms. The molecule has 3 fully saturated rings. The van der Waals surface area contributed by atoms with Crippen LogP contribution in [0.25, 0.3) is 0 Å². The van der Waals surface area contributed by atoms with Crippen molar-refractivity contribution < 1.29 is 19.5 Å². The molecule has 1 saturated heterocycles. The van der Waals surface area contributed by atoms with Crippen LogP contribution in [0.1, 0.15) is 52.4 Å². The summed E-state index contributed by atoms with van der Waals surface area (Å²) in [6.07, 6.45) is 17.6. The maximum atomic E-state index is 13.0. The van der Waals surface area contributed by atoms with Crippen molar-refractivity contribution in [3.05, 3.63) is 47.8 Å². The smallest absolute Gasteiger partial charge is 0.261 e. The molecule has 5 rings (SSSR count). The SMILES string of the molecule is CC[C@H]1[C@@H]2C=C[C@@H]3[C@H]4/C=C/CC(=O)NCCC[C@H]5C(=O)C(=C(O)/C=C/[C@@H]4C[C@@H]3[C@H]2C[C@H]1C)C(=O)N5C. The van der Waals surface area contributed by atoms with E-state index in [-0.39, 0.29) is 34.9 Å². The highest BCUT2D eigenvalue weighted by molar-refractivity contribution is 6.26. The van der Waals surface area contributed by atoms with Gasteiger partial charge in [0.2, 0.25) is 5.91 Å². The molecule has 0 radical (unpaired) electrons. The van der Waals surface area contributed by atoms with Gasteiger partial charge >= 0.3 is 0 Å². The standard InChI is InChI=1S/C30H40N2O4/c1-4-19-17(2)15-23-21(19)11-12-22-20-7-5-9-27(34)31-14-6-8-25-29(35)28(30(36)32(25)3)26(33)13-10-18(20)16-24(22)23/h5,7,10-13,17-25,33H,4,6,8-9,14-16H2,1-3H3,(H,31,34)/b7-5+,13-10+,28-26?/t17-,18-,19-,20+,21+,22-,23+,24+,25+/m1/s1. The number of carbonyl (C=O) groups excluding carboxylic acids is 3. The average Bonchev–Trinajstić information content (AvgIpc) is 3.44. The van der Waals surface area contributed by atoms with Gasteiger partial charge in [-0.15, -0.1) is 0 Å². The molecule has 2 aliphatic heterocycles. The number of allylic oxidation sites excluding steroid dienone is 5. The lowest BCUT2D eigenvalue weighted by atomic mass is 9.70. The van der Waals surface area contributed by atoms with Gasteiger partial charge in [0.1, 0.15) is 11.3 Å². The van der Waals surface area contributed by atoms with Crippen LogP contribution in [0.5, 0.6) is 0 Å². The molecule has 2 saturated carbocycles. The third kappa shape index (κ3) is 4.26. The van der Waals surface area contributed by atoms with Crippen LogP contribution in [0.2, 0.25) is 0 Å². The fourth-order valence-corrected chi connectivity index (χ4v) is 8.10. The van der Waals surface area contributed by atoms with E-state index in [2.05, 4.69) is 37.4 Å². The van der Waals surface area contributed by atoms with E-state index in [1.165, 1.54) is 17.7 Å². The highest BCUT2D eigenvalue weighted by atomic mass is 16.3. The zero-order chi connectivity index (χ0) is 25.6. The van der Waals surface area contributed by atoms with Crippen LogP contribution in [-0.4, -0.2) is 47.2 Å². The molecule has 2 heterocycles. The van der Waals surface area contributed by atoms with Crippen molar-refractivity contribution in [3.63, 3.8) is 0 Å². The summed E-state index contributed by atoms with van der Waals surface area (Å²) in [5.74, 6) is 3.18. The molecule has 0 unspecified atom stereocenters. The van der Waals surface area contributed by atoms with Gasteiger partial charge in [-0.3, -0.25) is 14.4 Å². The third-order valence-corrected chi connectivity index (χ3v) is 9.86. The number of aliphatic hydroxyl groups excluding tert-OH is 1. The summed E-state index contributed by atoms with van der Waals surface area (Å²) in [4.78, 5) is 39.7. The van der Waals surface area contributed by atoms with Crippen LogP contribution in [0, 0.1) is 47.3 Å². The minimum Gasteiger partial charge on any atom is -0.507 e. The third-order valence-electron chi connectivity index (χ3n) is 9.86. The van der Waals surface area contributed by atoms with Gasteiger partial charge < -0.3 is 15.3 Å². The topological polar surface area (TPSA) is 86.7 Å². The zero-order valence-corrected chi connectivity index (χ0v) is 21.7. The van der Waals surface area contributed by atoms with Crippen molar-refractivity contribution in [1.29, 1.82) is 0 Å². The molecule has 3 aliphatic carbocycles. The molecule has 194 valence electrons. The monoisotopic (exact) mass is 492 g/mol. The number of aliphatic hydroxyl groups is 1. The summed E-state index contributed by atoms with van der Waals surface area (Å²) in [7, 11) is 1.61. The largest absolute Gasteiger partial charge is 0.507 e. The predicted octanol–water partition coefficient (Wildman–Crippen LogP) is 4.36. The van der Waals surface area contributed by atoms with Gasteiger partial charge in [0, 0.05) is 20.0 Å². The molecule has 0 aromatic rings. The van der Waals surface area contributed by atoms with Crippen molar-refractivity contribution >= 4 is 17.6 Å². The van der Waals surface area contributed by atoms with Gasteiger partial charge in [-0.25, -0.2) is 0 Å². The van der Waals surface area contributed by atoms with Crippen molar-refractivity contribution in [2.75, 3.05) is 13.6 Å². The Bertz CT molecular complexity index is 1040. The van der Waals surface area contributed by atoms with Gasteiger partial charge in [-0.2, -0.15) is 0 Å². The zero-order valence-electron chi connectivity index (χ0n) is 21.7. The molecule has 0 aromatic heterocycles. The number of rotatable bonds is 1. The van der Waals surface area contributed by atoms with Crippen LogP contribution in [-0.2, 0) is 14.4 Å². The molecule has 2 amide bonds. The number of hydrogen-bond donors (Lipinski definition) is 2. The summed E-state index contributed by atoms with van der Waals surface area (Å²) >= 11 is 0. The molecule has 6 heteroatoms. The molecule has 2 bridgehead atoms. The number of likely N-dealkylation sites (tertiary alicyclic amines) is 1. The van der Waals surface area contributed by atoms with Gasteiger partial charge in [0.15, 0.2) is 5.78 Å². The van der Waals surface area contributed by atoms with Crippen molar-refractivity contribution in [2.45, 2.75) is 58.4 Å². The van der Waals surface area contributed by atoms with E-state index in [1.54, 1.807) is 13.1 Å². The number of fused-ring (bicyclic) bond motifs is 7. The normalized spacial score (nSPS) is 42.7. The summed E-state index contributed by atoms with van der Waals surface area (Å²) < 4.78 is 0. The van der Waals surface area contributed by atoms with Crippen molar-refractivity contribution in [3.8, 4) is 0 Å². The maximum absolute atomic E-state index is 13.0. The van der Waals surface area contributed by atoms with Crippen LogP contribution in [0.15, 0.2) is 47.8 Å². The lowest BCUT2D eigenvalue weighted by Gasteiger charge is -2.35. The van der Waals surface area contributed by atoms with Crippen LogP contribution >= 0.6 is 0 Å². The van der Waals surface area contributed by atoms with E-state index in [4.69, 9.17) is 0 Å². The summed E-state index contributed by atoms with van der Waals surface area (Å²) in [6, 6.07) is -0.590. The van der Waals surface area contributed by atoms with Crippen LogP contribution in [0.4, 0.5) is 0 Å². The first-order valence-electron chi connectivity index (χ1n) is 13.9. The summed E-state index contributed by atoms with van der Waals surface area (Å²) in [6.45, 7) is 5.17. The number of ketones is 1.